The quantitative estimate of drug-likeness (QED) is 0.668. The lowest BCUT2D eigenvalue weighted by Gasteiger charge is -2.25. The van der Waals surface area contributed by atoms with Gasteiger partial charge in [-0.15, -0.1) is 0 Å². The van der Waals surface area contributed by atoms with Gasteiger partial charge in [-0.2, -0.15) is 0 Å². The molecule has 1 aliphatic carbocycles. The highest BCUT2D eigenvalue weighted by Crippen LogP contribution is 2.18. The molecule has 1 heterocycles. The minimum Gasteiger partial charge on any atom is -0.375 e. The van der Waals surface area contributed by atoms with Crippen LogP contribution in [0.3, 0.4) is 0 Å². The van der Waals surface area contributed by atoms with Crippen molar-refractivity contribution in [2.24, 2.45) is 0 Å². The number of likely N-dealkylation sites (N-methyl/N-ethyl adjacent to an activating group) is 1. The smallest absolute Gasteiger partial charge is 0.239 e. The zero-order valence-corrected chi connectivity index (χ0v) is 10.8. The van der Waals surface area contributed by atoms with Gasteiger partial charge in [-0.25, -0.2) is 0 Å². The maximum absolute atomic E-state index is 11.9. The minimum absolute atomic E-state index is 0.0466. The van der Waals surface area contributed by atoms with Gasteiger partial charge < -0.3 is 20.3 Å². The number of nitrogens with zero attached hydrogens (tertiary/aromatic N) is 1. The van der Waals surface area contributed by atoms with Crippen molar-refractivity contribution in [2.75, 3.05) is 33.3 Å². The van der Waals surface area contributed by atoms with E-state index in [0.717, 1.165) is 19.4 Å². The van der Waals surface area contributed by atoms with Gasteiger partial charge >= 0.3 is 0 Å². The van der Waals surface area contributed by atoms with E-state index in [2.05, 4.69) is 10.6 Å². The lowest BCUT2D eigenvalue weighted by molar-refractivity contribution is -0.137. The fourth-order valence-corrected chi connectivity index (χ4v) is 1.91. The Labute approximate surface area is 107 Å². The van der Waals surface area contributed by atoms with Gasteiger partial charge in [0.15, 0.2) is 0 Å². The number of rotatable bonds is 5. The van der Waals surface area contributed by atoms with E-state index in [1.807, 2.05) is 0 Å². The number of ether oxygens (including phenoxy) is 1. The predicted octanol–water partition coefficient (Wildman–Crippen LogP) is -0.898. The highest BCUT2D eigenvalue weighted by molar-refractivity contribution is 5.85. The molecule has 0 spiro atoms. The number of morpholine rings is 1. The van der Waals surface area contributed by atoms with Crippen molar-refractivity contribution in [1.82, 2.24) is 15.5 Å². The van der Waals surface area contributed by atoms with E-state index >= 15 is 0 Å². The molecule has 1 saturated heterocycles. The molecule has 0 bridgehead atoms. The second-order valence-electron chi connectivity index (χ2n) is 4.99. The maximum Gasteiger partial charge on any atom is 0.239 e. The predicted molar refractivity (Wildman–Crippen MR) is 66.0 cm³/mol. The van der Waals surface area contributed by atoms with Crippen LogP contribution in [0.15, 0.2) is 0 Å². The molecule has 1 atom stereocenters. The summed E-state index contributed by atoms with van der Waals surface area (Å²) < 4.78 is 5.47. The summed E-state index contributed by atoms with van der Waals surface area (Å²) in [5, 5.41) is 6.05. The first-order chi connectivity index (χ1) is 8.65. The summed E-state index contributed by atoms with van der Waals surface area (Å²) in [4.78, 5) is 24.9. The van der Waals surface area contributed by atoms with Crippen LogP contribution in [0.4, 0.5) is 0 Å². The third-order valence-electron chi connectivity index (χ3n) is 3.16. The minimum atomic E-state index is -0.0731. The monoisotopic (exact) mass is 255 g/mol. The lowest BCUT2D eigenvalue weighted by Crippen LogP contribution is -2.44. The van der Waals surface area contributed by atoms with Crippen LogP contribution in [0, 0.1) is 0 Å². The summed E-state index contributed by atoms with van der Waals surface area (Å²) in [7, 11) is 1.66. The van der Waals surface area contributed by atoms with E-state index in [0.29, 0.717) is 25.6 Å². The van der Waals surface area contributed by atoms with Crippen LogP contribution >= 0.6 is 0 Å². The number of amides is 2. The van der Waals surface area contributed by atoms with Gasteiger partial charge in [0.25, 0.3) is 0 Å². The van der Waals surface area contributed by atoms with E-state index < -0.39 is 0 Å². The summed E-state index contributed by atoms with van der Waals surface area (Å²) in [6.45, 7) is 2.32. The summed E-state index contributed by atoms with van der Waals surface area (Å²) in [6, 6.07) is 0.340. The van der Waals surface area contributed by atoms with Gasteiger partial charge in [0.05, 0.1) is 25.7 Å². The molecule has 102 valence electrons. The van der Waals surface area contributed by atoms with Gasteiger partial charge in [0.1, 0.15) is 0 Å². The number of carbonyl (C=O) groups excluding carboxylic acids is 2. The highest BCUT2D eigenvalue weighted by Gasteiger charge is 2.25. The largest absolute Gasteiger partial charge is 0.375 e. The Morgan fingerprint density at radius 2 is 2.22 bits per heavy atom. The molecule has 6 nitrogen and oxygen atoms in total. The van der Waals surface area contributed by atoms with Crippen molar-refractivity contribution in [3.05, 3.63) is 0 Å². The molecule has 2 rings (SSSR count). The lowest BCUT2D eigenvalue weighted by atomic mass is 10.2. The van der Waals surface area contributed by atoms with Gasteiger partial charge in [-0.3, -0.25) is 9.59 Å². The Morgan fingerprint density at radius 1 is 1.44 bits per heavy atom. The summed E-state index contributed by atoms with van der Waals surface area (Å²) in [5.74, 6) is -0.120. The van der Waals surface area contributed by atoms with Gasteiger partial charge in [-0.1, -0.05) is 0 Å². The molecule has 18 heavy (non-hydrogen) atoms. The topological polar surface area (TPSA) is 70.7 Å². The molecule has 1 unspecified atom stereocenters. The number of hydrogen-bond acceptors (Lipinski definition) is 4. The summed E-state index contributed by atoms with van der Waals surface area (Å²) in [5.41, 5.74) is 0. The molecule has 1 aliphatic heterocycles. The van der Waals surface area contributed by atoms with Crippen molar-refractivity contribution >= 4 is 11.8 Å². The van der Waals surface area contributed by atoms with Crippen molar-refractivity contribution in [3.8, 4) is 0 Å². The van der Waals surface area contributed by atoms with Crippen LogP contribution in [-0.4, -0.2) is 62.1 Å². The molecule has 0 aromatic rings. The Morgan fingerprint density at radius 3 is 2.83 bits per heavy atom. The molecule has 2 amide bonds. The Balaban J connectivity index is 1.67. The third-order valence-corrected chi connectivity index (χ3v) is 3.16. The van der Waals surface area contributed by atoms with Crippen LogP contribution in [0.2, 0.25) is 0 Å². The molecular formula is C12H21N3O3. The fourth-order valence-electron chi connectivity index (χ4n) is 1.91. The molecule has 2 fully saturated rings. The van der Waals surface area contributed by atoms with Gasteiger partial charge in [-0.05, 0) is 12.8 Å². The molecular weight excluding hydrogens is 234 g/mol. The fraction of sp³-hybridized carbons (Fsp3) is 0.833. The average molecular weight is 255 g/mol. The first-order valence-corrected chi connectivity index (χ1v) is 6.51. The zero-order valence-electron chi connectivity index (χ0n) is 10.8. The number of nitrogens with one attached hydrogen (secondary N) is 2. The molecule has 2 aliphatic rings. The van der Waals surface area contributed by atoms with Gasteiger partial charge in [0, 0.05) is 26.2 Å². The standard InChI is InChI=1S/C12H21N3O3/c1-15(8-11(16)14-9-2-3-9)12(17)6-10-7-13-4-5-18-10/h9-10,13H,2-8H2,1H3,(H,14,16). The van der Waals surface area contributed by atoms with E-state index in [-0.39, 0.29) is 24.5 Å². The van der Waals surface area contributed by atoms with E-state index in [9.17, 15) is 9.59 Å². The first kappa shape index (κ1) is 13.3. The SMILES string of the molecule is CN(CC(=O)NC1CC1)C(=O)CC1CNCCO1. The van der Waals surface area contributed by atoms with Gasteiger partial charge in [0.2, 0.25) is 11.8 Å². The van der Waals surface area contributed by atoms with Crippen LogP contribution in [0.5, 0.6) is 0 Å². The van der Waals surface area contributed by atoms with Crippen LogP contribution in [0.25, 0.3) is 0 Å². The van der Waals surface area contributed by atoms with Crippen molar-refractivity contribution < 1.29 is 14.3 Å². The van der Waals surface area contributed by atoms with Crippen LogP contribution in [-0.2, 0) is 14.3 Å². The number of carbonyl (C=O) groups is 2. The van der Waals surface area contributed by atoms with E-state index in [1.165, 1.54) is 4.90 Å². The Hall–Kier alpha value is -1.14. The van der Waals surface area contributed by atoms with E-state index in [4.69, 9.17) is 4.74 Å². The van der Waals surface area contributed by atoms with Crippen LogP contribution in [0.1, 0.15) is 19.3 Å². The van der Waals surface area contributed by atoms with Crippen molar-refractivity contribution in [3.63, 3.8) is 0 Å². The van der Waals surface area contributed by atoms with E-state index in [1.54, 1.807) is 7.05 Å². The Kier molecular flexibility index (Phi) is 4.54. The first-order valence-electron chi connectivity index (χ1n) is 6.51. The second kappa shape index (κ2) is 6.15. The molecule has 2 N–H and O–H groups in total. The second-order valence-corrected chi connectivity index (χ2v) is 4.99. The average Bonchev–Trinajstić information content (AvgIpc) is 3.14. The normalized spacial score (nSPS) is 23.5. The Bertz CT molecular complexity index is 312. The van der Waals surface area contributed by atoms with Crippen LogP contribution < -0.4 is 10.6 Å². The molecule has 0 radical (unpaired) electrons. The molecule has 0 aromatic carbocycles. The summed E-state index contributed by atoms with van der Waals surface area (Å²) in [6.07, 6.45) is 2.39. The number of hydrogen-bond donors (Lipinski definition) is 2. The molecule has 6 heteroatoms. The van der Waals surface area contributed by atoms with Crippen molar-refractivity contribution in [1.29, 1.82) is 0 Å². The molecule has 1 saturated carbocycles. The maximum atomic E-state index is 11.9. The summed E-state index contributed by atoms with van der Waals surface area (Å²) >= 11 is 0. The molecule has 0 aromatic heterocycles. The zero-order chi connectivity index (χ0) is 13.0. The highest BCUT2D eigenvalue weighted by atomic mass is 16.5. The van der Waals surface area contributed by atoms with Crippen molar-refractivity contribution in [2.45, 2.75) is 31.4 Å². The third kappa shape index (κ3) is 4.27.